The Kier molecular flexibility index (Phi) is 5.09. The molecule has 0 radical (unpaired) electrons. The molecule has 0 aliphatic heterocycles. The van der Waals surface area contributed by atoms with E-state index in [9.17, 15) is 9.18 Å². The third-order valence-electron chi connectivity index (χ3n) is 3.26. The molecule has 0 bridgehead atoms. The van der Waals surface area contributed by atoms with E-state index in [1.807, 2.05) is 24.3 Å². The standard InChI is InChI=1S/C18H19FO2/c1-3-5-13-6-9-15(10-7-13)21-18-11-8-14(12-16(18)19)17(20)4-2/h6-12H,3-5H2,1-2H3. The van der Waals surface area contributed by atoms with E-state index in [2.05, 4.69) is 6.92 Å². The quantitative estimate of drug-likeness (QED) is 0.685. The van der Waals surface area contributed by atoms with Gasteiger partial charge in [-0.3, -0.25) is 4.79 Å². The van der Waals surface area contributed by atoms with Crippen LogP contribution in [0.15, 0.2) is 42.5 Å². The van der Waals surface area contributed by atoms with Gasteiger partial charge in [-0.15, -0.1) is 0 Å². The third-order valence-corrected chi connectivity index (χ3v) is 3.26. The zero-order valence-electron chi connectivity index (χ0n) is 12.4. The van der Waals surface area contributed by atoms with Crippen LogP contribution in [0.4, 0.5) is 4.39 Å². The van der Waals surface area contributed by atoms with Crippen LogP contribution >= 0.6 is 0 Å². The maximum absolute atomic E-state index is 14.0. The van der Waals surface area contributed by atoms with Crippen molar-refractivity contribution in [2.75, 3.05) is 0 Å². The molecule has 2 rings (SSSR count). The topological polar surface area (TPSA) is 26.3 Å². The number of carbonyl (C=O) groups is 1. The van der Waals surface area contributed by atoms with E-state index in [1.165, 1.54) is 17.7 Å². The van der Waals surface area contributed by atoms with Gasteiger partial charge in [-0.1, -0.05) is 32.4 Å². The van der Waals surface area contributed by atoms with Crippen LogP contribution in [0.1, 0.15) is 42.6 Å². The molecule has 21 heavy (non-hydrogen) atoms. The zero-order valence-corrected chi connectivity index (χ0v) is 12.4. The van der Waals surface area contributed by atoms with E-state index in [-0.39, 0.29) is 11.5 Å². The number of hydrogen-bond donors (Lipinski definition) is 0. The molecule has 0 unspecified atom stereocenters. The lowest BCUT2D eigenvalue weighted by atomic mass is 10.1. The van der Waals surface area contributed by atoms with Gasteiger partial charge >= 0.3 is 0 Å². The van der Waals surface area contributed by atoms with Crippen LogP contribution in [-0.2, 0) is 6.42 Å². The SMILES string of the molecule is CCCc1ccc(Oc2ccc(C(=O)CC)cc2F)cc1. The fraction of sp³-hybridized carbons (Fsp3) is 0.278. The minimum atomic E-state index is -0.521. The van der Waals surface area contributed by atoms with Crippen LogP contribution < -0.4 is 4.74 Å². The maximum atomic E-state index is 14.0. The molecule has 0 amide bonds. The summed E-state index contributed by atoms with van der Waals surface area (Å²) in [5.74, 6) is 0.116. The molecular weight excluding hydrogens is 267 g/mol. The predicted molar refractivity (Wildman–Crippen MR) is 81.5 cm³/mol. The van der Waals surface area contributed by atoms with E-state index >= 15 is 0 Å². The first kappa shape index (κ1) is 15.2. The molecular formula is C18H19FO2. The molecule has 0 aliphatic carbocycles. The third kappa shape index (κ3) is 3.91. The van der Waals surface area contributed by atoms with Crippen molar-refractivity contribution in [1.29, 1.82) is 0 Å². The molecule has 0 atom stereocenters. The Morgan fingerprint density at radius 3 is 2.38 bits per heavy atom. The Hall–Kier alpha value is -2.16. The Morgan fingerprint density at radius 1 is 1.10 bits per heavy atom. The second-order valence-electron chi connectivity index (χ2n) is 4.92. The Bertz CT molecular complexity index is 618. The Balaban J connectivity index is 2.14. The molecule has 2 nitrogen and oxygen atoms in total. The average molecular weight is 286 g/mol. The van der Waals surface area contributed by atoms with Crippen LogP contribution in [-0.4, -0.2) is 5.78 Å². The van der Waals surface area contributed by atoms with Crippen LogP contribution in [0.25, 0.3) is 0 Å². The highest BCUT2D eigenvalue weighted by Gasteiger charge is 2.10. The smallest absolute Gasteiger partial charge is 0.166 e. The molecule has 3 heteroatoms. The summed E-state index contributed by atoms with van der Waals surface area (Å²) in [6.45, 7) is 3.88. The molecule has 0 aliphatic rings. The van der Waals surface area contributed by atoms with Crippen LogP contribution in [0, 0.1) is 5.82 Å². The molecule has 2 aromatic carbocycles. The Labute approximate surface area is 124 Å². The molecule has 0 N–H and O–H groups in total. The monoisotopic (exact) mass is 286 g/mol. The number of ether oxygens (including phenoxy) is 1. The predicted octanol–water partition coefficient (Wildman–Crippen LogP) is 5.16. The fourth-order valence-electron chi connectivity index (χ4n) is 2.10. The molecule has 0 fully saturated rings. The van der Waals surface area contributed by atoms with E-state index in [1.54, 1.807) is 13.0 Å². The summed E-state index contributed by atoms with van der Waals surface area (Å²) < 4.78 is 19.5. The van der Waals surface area contributed by atoms with Crippen molar-refractivity contribution < 1.29 is 13.9 Å². The average Bonchev–Trinajstić information content (AvgIpc) is 2.50. The van der Waals surface area contributed by atoms with Crippen molar-refractivity contribution in [2.45, 2.75) is 33.1 Å². The van der Waals surface area contributed by atoms with Crippen LogP contribution in [0.3, 0.4) is 0 Å². The van der Waals surface area contributed by atoms with Crippen molar-refractivity contribution in [2.24, 2.45) is 0 Å². The highest BCUT2D eigenvalue weighted by molar-refractivity contribution is 5.95. The Morgan fingerprint density at radius 2 is 1.81 bits per heavy atom. The van der Waals surface area contributed by atoms with Gasteiger partial charge in [-0.05, 0) is 42.3 Å². The molecule has 0 spiro atoms. The first-order chi connectivity index (χ1) is 10.1. The van der Waals surface area contributed by atoms with Crippen LogP contribution in [0.2, 0.25) is 0 Å². The van der Waals surface area contributed by atoms with Gasteiger partial charge < -0.3 is 4.74 Å². The van der Waals surface area contributed by atoms with Gasteiger partial charge in [0.1, 0.15) is 5.75 Å². The number of ketones is 1. The summed E-state index contributed by atoms with van der Waals surface area (Å²) in [4.78, 5) is 11.5. The minimum Gasteiger partial charge on any atom is -0.454 e. The first-order valence-electron chi connectivity index (χ1n) is 7.23. The van der Waals surface area contributed by atoms with E-state index in [0.717, 1.165) is 12.8 Å². The molecule has 110 valence electrons. The van der Waals surface area contributed by atoms with Gasteiger partial charge in [0.2, 0.25) is 0 Å². The van der Waals surface area contributed by atoms with Gasteiger partial charge in [-0.2, -0.15) is 0 Å². The highest BCUT2D eigenvalue weighted by Crippen LogP contribution is 2.26. The van der Waals surface area contributed by atoms with Gasteiger partial charge in [0.15, 0.2) is 17.3 Å². The van der Waals surface area contributed by atoms with Crippen molar-refractivity contribution >= 4 is 5.78 Å². The molecule has 0 saturated heterocycles. The highest BCUT2D eigenvalue weighted by atomic mass is 19.1. The van der Waals surface area contributed by atoms with Gasteiger partial charge in [0.25, 0.3) is 0 Å². The second-order valence-corrected chi connectivity index (χ2v) is 4.92. The minimum absolute atomic E-state index is 0.0793. The van der Waals surface area contributed by atoms with E-state index < -0.39 is 5.82 Å². The van der Waals surface area contributed by atoms with Crippen LogP contribution in [0.5, 0.6) is 11.5 Å². The summed E-state index contributed by atoms with van der Waals surface area (Å²) in [5.41, 5.74) is 1.61. The second kappa shape index (κ2) is 7.02. The fourth-order valence-corrected chi connectivity index (χ4v) is 2.10. The van der Waals surface area contributed by atoms with Crippen molar-refractivity contribution in [3.8, 4) is 11.5 Å². The number of benzene rings is 2. The number of aryl methyl sites for hydroxylation is 1. The van der Waals surface area contributed by atoms with E-state index in [4.69, 9.17) is 4.74 Å². The largest absolute Gasteiger partial charge is 0.454 e. The lowest BCUT2D eigenvalue weighted by molar-refractivity contribution is 0.0987. The molecule has 0 saturated carbocycles. The summed E-state index contributed by atoms with van der Waals surface area (Å²) in [6, 6.07) is 11.9. The number of halogens is 1. The summed E-state index contributed by atoms with van der Waals surface area (Å²) in [5, 5.41) is 0. The normalized spacial score (nSPS) is 10.4. The van der Waals surface area contributed by atoms with Crippen molar-refractivity contribution in [1.82, 2.24) is 0 Å². The first-order valence-corrected chi connectivity index (χ1v) is 7.23. The molecule has 2 aromatic rings. The van der Waals surface area contributed by atoms with Gasteiger partial charge in [0.05, 0.1) is 0 Å². The summed E-state index contributed by atoms with van der Waals surface area (Å²) >= 11 is 0. The molecule has 0 heterocycles. The number of rotatable bonds is 6. The van der Waals surface area contributed by atoms with Gasteiger partial charge in [0, 0.05) is 12.0 Å². The van der Waals surface area contributed by atoms with E-state index in [0.29, 0.717) is 17.7 Å². The summed E-state index contributed by atoms with van der Waals surface area (Å²) in [6.07, 6.45) is 2.46. The lowest BCUT2D eigenvalue weighted by Crippen LogP contribution is -1.98. The summed E-state index contributed by atoms with van der Waals surface area (Å²) in [7, 11) is 0. The van der Waals surface area contributed by atoms with Crippen molar-refractivity contribution in [3.63, 3.8) is 0 Å². The number of Topliss-reactive ketones (excluding diaryl/α,β-unsaturated/α-hetero) is 1. The lowest BCUT2D eigenvalue weighted by Gasteiger charge is -2.08. The maximum Gasteiger partial charge on any atom is 0.166 e. The number of hydrogen-bond acceptors (Lipinski definition) is 2. The van der Waals surface area contributed by atoms with Gasteiger partial charge in [-0.25, -0.2) is 4.39 Å². The number of carbonyl (C=O) groups excluding carboxylic acids is 1. The zero-order chi connectivity index (χ0) is 15.2. The molecule has 0 aromatic heterocycles. The van der Waals surface area contributed by atoms with Crippen molar-refractivity contribution in [3.05, 3.63) is 59.4 Å².